The third-order valence-electron chi connectivity index (χ3n) is 5.84. The van der Waals surface area contributed by atoms with Crippen LogP contribution in [-0.4, -0.2) is 23.8 Å². The summed E-state index contributed by atoms with van der Waals surface area (Å²) in [4.78, 5) is 12.7. The number of hydrogen-bond acceptors (Lipinski definition) is 4. The van der Waals surface area contributed by atoms with Gasteiger partial charge in [0.05, 0.1) is 18.8 Å². The third kappa shape index (κ3) is 6.36. The summed E-state index contributed by atoms with van der Waals surface area (Å²) < 4.78 is 50.5. The van der Waals surface area contributed by atoms with E-state index < -0.39 is 18.0 Å². The quantitative estimate of drug-likeness (QED) is 0.600. The summed E-state index contributed by atoms with van der Waals surface area (Å²) >= 11 is 0. The number of carbonyl (C=O) groups is 1. The van der Waals surface area contributed by atoms with E-state index in [1.54, 1.807) is 18.2 Å². The number of aliphatic hydroxyl groups is 1. The molecule has 2 atom stereocenters. The summed E-state index contributed by atoms with van der Waals surface area (Å²) in [6, 6.07) is 12.2. The van der Waals surface area contributed by atoms with Crippen LogP contribution in [0.25, 0.3) is 0 Å². The van der Waals surface area contributed by atoms with Crippen LogP contribution in [0.3, 0.4) is 0 Å². The normalized spacial score (nSPS) is 20.7. The van der Waals surface area contributed by atoms with Crippen LogP contribution in [0.1, 0.15) is 47.4 Å². The minimum absolute atomic E-state index is 0.0498. The fraction of sp³-hybridized carbons (Fsp3) is 0.400. The number of halogens is 3. The molecule has 0 spiro atoms. The molecule has 1 heterocycles. The van der Waals surface area contributed by atoms with E-state index in [9.17, 15) is 18.0 Å². The molecule has 0 saturated heterocycles. The van der Waals surface area contributed by atoms with Crippen LogP contribution in [0.4, 0.5) is 13.2 Å². The van der Waals surface area contributed by atoms with Gasteiger partial charge in [-0.25, -0.2) is 0 Å². The first-order valence-corrected chi connectivity index (χ1v) is 11.0. The number of benzene rings is 2. The van der Waals surface area contributed by atoms with E-state index in [2.05, 4.69) is 5.32 Å². The first kappa shape index (κ1) is 23.3. The number of amides is 1. The van der Waals surface area contributed by atoms with Gasteiger partial charge in [-0.1, -0.05) is 36.4 Å². The predicted octanol–water partition coefficient (Wildman–Crippen LogP) is 4.65. The Bertz CT molecular complexity index is 982. The van der Waals surface area contributed by atoms with Gasteiger partial charge in [0.25, 0.3) is 5.91 Å². The van der Waals surface area contributed by atoms with E-state index in [0.717, 1.165) is 36.1 Å². The van der Waals surface area contributed by atoms with E-state index in [-0.39, 0.29) is 30.8 Å². The smallest absolute Gasteiger partial charge is 0.416 e. The third-order valence-corrected chi connectivity index (χ3v) is 5.84. The Morgan fingerprint density at radius 2 is 1.73 bits per heavy atom. The van der Waals surface area contributed by atoms with Crippen LogP contribution in [0.5, 0.6) is 0 Å². The fourth-order valence-corrected chi connectivity index (χ4v) is 3.65. The minimum Gasteiger partial charge on any atom is -0.459 e. The summed E-state index contributed by atoms with van der Waals surface area (Å²) in [5.74, 6) is -0.0610. The van der Waals surface area contributed by atoms with E-state index in [4.69, 9.17) is 14.6 Å². The molecule has 1 aliphatic heterocycles. The molecule has 0 unspecified atom stereocenters. The van der Waals surface area contributed by atoms with Gasteiger partial charge in [0.2, 0.25) is 6.29 Å². The average Bonchev–Trinajstić information content (AvgIpc) is 3.65. The van der Waals surface area contributed by atoms with E-state index in [1.165, 1.54) is 12.1 Å². The van der Waals surface area contributed by atoms with Gasteiger partial charge in [-0.2, -0.15) is 13.2 Å². The molecule has 1 fully saturated rings. The zero-order chi connectivity index (χ0) is 23.4. The van der Waals surface area contributed by atoms with Crippen molar-refractivity contribution in [2.75, 3.05) is 6.54 Å². The molecule has 0 radical (unpaired) electrons. The first-order chi connectivity index (χ1) is 15.8. The lowest BCUT2D eigenvalue weighted by molar-refractivity contribution is -0.150. The number of hydrogen-bond donors (Lipinski definition) is 2. The van der Waals surface area contributed by atoms with Crippen LogP contribution in [0, 0.1) is 5.92 Å². The second-order valence-electron chi connectivity index (χ2n) is 8.48. The molecule has 4 rings (SSSR count). The molecule has 2 N–H and O–H groups in total. The monoisotopic (exact) mass is 461 g/mol. The van der Waals surface area contributed by atoms with E-state index in [0.29, 0.717) is 24.4 Å². The molecule has 2 aliphatic rings. The van der Waals surface area contributed by atoms with E-state index in [1.807, 2.05) is 12.1 Å². The topological polar surface area (TPSA) is 67.8 Å². The summed E-state index contributed by atoms with van der Waals surface area (Å²) in [5, 5.41) is 12.0. The number of rotatable bonds is 8. The van der Waals surface area contributed by atoms with Crippen molar-refractivity contribution in [2.45, 2.75) is 50.9 Å². The number of alkyl halides is 3. The van der Waals surface area contributed by atoms with Gasteiger partial charge in [0.1, 0.15) is 0 Å². The maximum atomic E-state index is 12.9. The maximum Gasteiger partial charge on any atom is 0.416 e. The fourth-order valence-electron chi connectivity index (χ4n) is 3.65. The number of ether oxygens (including phenoxy) is 2. The Hall–Kier alpha value is -2.84. The van der Waals surface area contributed by atoms with Crippen LogP contribution in [0.15, 0.2) is 60.4 Å². The Morgan fingerprint density at radius 1 is 1.06 bits per heavy atom. The highest BCUT2D eigenvalue weighted by Gasteiger charge is 2.32. The second kappa shape index (κ2) is 9.97. The molecular formula is C25H26F3NO4. The highest BCUT2D eigenvalue weighted by Crippen LogP contribution is 2.35. The summed E-state index contributed by atoms with van der Waals surface area (Å²) in [6.45, 7) is 0.756. The Kier molecular flexibility index (Phi) is 7.05. The molecule has 1 aliphatic carbocycles. The van der Waals surface area contributed by atoms with Crippen molar-refractivity contribution in [2.24, 2.45) is 5.92 Å². The van der Waals surface area contributed by atoms with Crippen LogP contribution >= 0.6 is 0 Å². The number of allylic oxidation sites excluding steroid dienone is 1. The number of carbonyl (C=O) groups excluding carboxylic acids is 1. The van der Waals surface area contributed by atoms with Gasteiger partial charge in [0.15, 0.2) is 5.76 Å². The van der Waals surface area contributed by atoms with Gasteiger partial charge >= 0.3 is 6.18 Å². The van der Waals surface area contributed by atoms with Crippen LogP contribution in [0.2, 0.25) is 0 Å². The molecule has 1 amide bonds. The molecule has 2 aromatic carbocycles. The molecule has 0 bridgehead atoms. The van der Waals surface area contributed by atoms with Gasteiger partial charge in [-0.3, -0.25) is 4.79 Å². The molecule has 2 aromatic rings. The maximum absolute atomic E-state index is 12.9. The van der Waals surface area contributed by atoms with Crippen LogP contribution in [-0.2, 0) is 33.7 Å². The van der Waals surface area contributed by atoms with Crippen molar-refractivity contribution in [1.82, 2.24) is 5.32 Å². The van der Waals surface area contributed by atoms with Gasteiger partial charge in [-0.15, -0.1) is 0 Å². The van der Waals surface area contributed by atoms with Crippen molar-refractivity contribution < 1.29 is 32.5 Å². The van der Waals surface area contributed by atoms with Crippen molar-refractivity contribution in [3.63, 3.8) is 0 Å². The first-order valence-electron chi connectivity index (χ1n) is 11.0. The predicted molar refractivity (Wildman–Crippen MR) is 115 cm³/mol. The summed E-state index contributed by atoms with van der Waals surface area (Å²) in [6.07, 6.45) is -0.943. The van der Waals surface area contributed by atoms with Gasteiger partial charge in [-0.05, 0) is 53.7 Å². The largest absolute Gasteiger partial charge is 0.459 e. The summed E-state index contributed by atoms with van der Waals surface area (Å²) in [7, 11) is 0. The number of nitrogens with one attached hydrogen (secondary N) is 1. The Morgan fingerprint density at radius 3 is 2.33 bits per heavy atom. The Balaban J connectivity index is 1.48. The molecular weight excluding hydrogens is 435 g/mol. The second-order valence-corrected chi connectivity index (χ2v) is 8.48. The summed E-state index contributed by atoms with van der Waals surface area (Å²) in [5.41, 5.74) is 1.59. The highest BCUT2D eigenvalue weighted by molar-refractivity contribution is 5.91. The van der Waals surface area contributed by atoms with Crippen molar-refractivity contribution in [1.29, 1.82) is 0 Å². The van der Waals surface area contributed by atoms with Crippen molar-refractivity contribution in [3.05, 3.63) is 82.6 Å². The molecule has 33 heavy (non-hydrogen) atoms. The molecule has 8 heteroatoms. The standard InChI is InChI=1S/C25H26F3NO4/c26-25(27,28)21-9-7-19(8-10-21)20-11-22(24(31)29-13-16-1-2-16)33-23(12-20)32-15-18-5-3-17(14-30)4-6-18/h3-11,16,20,23,30H,1-2,12-15H2,(H,29,31)/t20-,23+/m1/s1. The number of aliphatic hydroxyl groups excluding tert-OH is 1. The zero-order valence-electron chi connectivity index (χ0n) is 18.0. The Labute approximate surface area is 190 Å². The van der Waals surface area contributed by atoms with Crippen molar-refractivity contribution >= 4 is 5.91 Å². The lowest BCUT2D eigenvalue weighted by Gasteiger charge is -2.29. The lowest BCUT2D eigenvalue weighted by atomic mass is 9.92. The van der Waals surface area contributed by atoms with Crippen LogP contribution < -0.4 is 5.32 Å². The SMILES string of the molecule is O=C(NCC1CC1)C1=C[C@@H](c2ccc(C(F)(F)F)cc2)C[C@@H](OCc2ccc(CO)cc2)O1. The highest BCUT2D eigenvalue weighted by atomic mass is 19.4. The van der Waals surface area contributed by atoms with Gasteiger partial charge < -0.3 is 19.9 Å². The molecule has 1 saturated carbocycles. The van der Waals surface area contributed by atoms with Gasteiger partial charge in [0, 0.05) is 18.9 Å². The molecule has 0 aromatic heterocycles. The zero-order valence-corrected chi connectivity index (χ0v) is 18.0. The van der Waals surface area contributed by atoms with E-state index >= 15 is 0 Å². The minimum atomic E-state index is -4.41. The molecule has 176 valence electrons. The van der Waals surface area contributed by atoms with Crippen molar-refractivity contribution in [3.8, 4) is 0 Å². The lowest BCUT2D eigenvalue weighted by Crippen LogP contribution is -2.33. The average molecular weight is 461 g/mol. The molecule has 5 nitrogen and oxygen atoms in total.